The second-order valence-electron chi connectivity index (χ2n) is 6.58. The van der Waals surface area contributed by atoms with Gasteiger partial charge in [-0.2, -0.15) is 4.98 Å². The minimum absolute atomic E-state index is 0.673. The molecule has 0 atom stereocenters. The Labute approximate surface area is 127 Å². The van der Waals surface area contributed by atoms with Crippen molar-refractivity contribution in [3.05, 3.63) is 18.2 Å². The summed E-state index contributed by atoms with van der Waals surface area (Å²) in [5.74, 6) is 1.35. The zero-order valence-electron chi connectivity index (χ0n) is 13.6. The van der Waals surface area contributed by atoms with Crippen molar-refractivity contribution in [1.82, 2.24) is 4.98 Å². The van der Waals surface area contributed by atoms with Crippen molar-refractivity contribution in [2.24, 2.45) is 11.8 Å². The third-order valence-corrected chi connectivity index (χ3v) is 3.62. The summed E-state index contributed by atoms with van der Waals surface area (Å²) in [7, 11) is 0. The Kier molecular flexibility index (Phi) is 5.10. The minimum atomic E-state index is 0.673. The first-order valence-corrected chi connectivity index (χ1v) is 7.86. The largest absolute Gasteiger partial charge is 0.423 e. The van der Waals surface area contributed by atoms with Crippen LogP contribution >= 0.6 is 0 Å². The summed E-state index contributed by atoms with van der Waals surface area (Å²) in [4.78, 5) is 6.87. The second kappa shape index (κ2) is 6.83. The Hall–Kier alpha value is -1.71. The van der Waals surface area contributed by atoms with Gasteiger partial charge in [0.05, 0.1) is 0 Å². The molecule has 2 N–H and O–H groups in total. The molecule has 4 nitrogen and oxygen atoms in total. The fourth-order valence-electron chi connectivity index (χ4n) is 2.20. The topological polar surface area (TPSA) is 55.3 Å². The lowest BCUT2D eigenvalue weighted by Crippen LogP contribution is -2.27. The van der Waals surface area contributed by atoms with E-state index in [0.717, 1.165) is 43.0 Å². The van der Waals surface area contributed by atoms with Crippen LogP contribution in [0.5, 0.6) is 0 Å². The molecule has 1 aromatic heterocycles. The van der Waals surface area contributed by atoms with E-state index in [1.54, 1.807) is 0 Å². The van der Waals surface area contributed by atoms with E-state index in [1.165, 1.54) is 0 Å². The summed E-state index contributed by atoms with van der Waals surface area (Å²) in [5.41, 5.74) is 8.16. The quantitative estimate of drug-likeness (QED) is 0.772. The molecule has 1 aromatic carbocycles. The van der Waals surface area contributed by atoms with Crippen LogP contribution in [0.25, 0.3) is 11.1 Å². The Morgan fingerprint density at radius 2 is 1.71 bits per heavy atom. The molecule has 0 amide bonds. The van der Waals surface area contributed by atoms with Crippen LogP contribution in [0.2, 0.25) is 0 Å². The number of nitrogen functional groups attached to an aromatic ring is 1. The smallest absolute Gasteiger partial charge is 0.298 e. The molecule has 21 heavy (non-hydrogen) atoms. The number of hydrogen-bond acceptors (Lipinski definition) is 4. The zero-order valence-corrected chi connectivity index (χ0v) is 13.6. The van der Waals surface area contributed by atoms with Crippen molar-refractivity contribution < 1.29 is 4.42 Å². The van der Waals surface area contributed by atoms with Gasteiger partial charge in [0.25, 0.3) is 6.01 Å². The van der Waals surface area contributed by atoms with Crippen LogP contribution in [0.4, 0.5) is 11.7 Å². The molecule has 4 heteroatoms. The maximum absolute atomic E-state index is 5.91. The van der Waals surface area contributed by atoms with Crippen molar-refractivity contribution in [1.29, 1.82) is 0 Å². The summed E-state index contributed by atoms with van der Waals surface area (Å²) in [5, 5.41) is 0. The van der Waals surface area contributed by atoms with Gasteiger partial charge in [-0.1, -0.05) is 27.7 Å². The highest BCUT2D eigenvalue weighted by Crippen LogP contribution is 2.24. The second-order valence-corrected chi connectivity index (χ2v) is 6.58. The van der Waals surface area contributed by atoms with Crippen LogP contribution in [0.15, 0.2) is 22.6 Å². The van der Waals surface area contributed by atoms with E-state index in [0.29, 0.717) is 17.5 Å². The van der Waals surface area contributed by atoms with Gasteiger partial charge in [-0.3, -0.25) is 0 Å². The normalized spacial score (nSPS) is 11.7. The van der Waals surface area contributed by atoms with Crippen LogP contribution in [-0.2, 0) is 0 Å². The predicted molar refractivity (Wildman–Crippen MR) is 89.5 cm³/mol. The molecule has 116 valence electrons. The van der Waals surface area contributed by atoms with E-state index in [1.807, 2.05) is 18.2 Å². The Morgan fingerprint density at radius 1 is 1.10 bits per heavy atom. The molecule has 0 saturated carbocycles. The summed E-state index contributed by atoms with van der Waals surface area (Å²) in [6, 6.07) is 6.34. The maximum atomic E-state index is 5.91. The van der Waals surface area contributed by atoms with Crippen molar-refractivity contribution in [2.75, 3.05) is 23.7 Å². The highest BCUT2D eigenvalue weighted by molar-refractivity contribution is 5.78. The molecule has 2 rings (SSSR count). The number of hydrogen-bond donors (Lipinski definition) is 1. The molecule has 0 spiro atoms. The van der Waals surface area contributed by atoms with Crippen molar-refractivity contribution in [3.8, 4) is 0 Å². The lowest BCUT2D eigenvalue weighted by atomic mass is 10.1. The zero-order chi connectivity index (χ0) is 15.4. The molecule has 0 radical (unpaired) electrons. The van der Waals surface area contributed by atoms with Gasteiger partial charge in [0, 0.05) is 24.8 Å². The van der Waals surface area contributed by atoms with Gasteiger partial charge in [-0.15, -0.1) is 0 Å². The van der Waals surface area contributed by atoms with E-state index >= 15 is 0 Å². The standard InChI is InChI=1S/C17H27N3O/c1-12(2)7-9-20(10-8-13(3)4)17-19-15-6-5-14(18)11-16(15)21-17/h5-6,11-13H,7-10,18H2,1-4H3. The van der Waals surface area contributed by atoms with Gasteiger partial charge in [0.1, 0.15) is 5.52 Å². The first kappa shape index (κ1) is 15.7. The van der Waals surface area contributed by atoms with E-state index in [2.05, 4.69) is 37.6 Å². The molecule has 0 aliphatic rings. The predicted octanol–water partition coefficient (Wildman–Crippen LogP) is 4.31. The number of fused-ring (bicyclic) bond motifs is 1. The van der Waals surface area contributed by atoms with E-state index in [9.17, 15) is 0 Å². The lowest BCUT2D eigenvalue weighted by Gasteiger charge is -2.22. The summed E-state index contributed by atoms with van der Waals surface area (Å²) < 4.78 is 5.91. The molecular formula is C17H27N3O. The average Bonchev–Trinajstić information content (AvgIpc) is 2.80. The monoisotopic (exact) mass is 289 g/mol. The van der Waals surface area contributed by atoms with Crippen LogP contribution in [-0.4, -0.2) is 18.1 Å². The fraction of sp³-hybridized carbons (Fsp3) is 0.588. The van der Waals surface area contributed by atoms with Gasteiger partial charge in [0.2, 0.25) is 0 Å². The maximum Gasteiger partial charge on any atom is 0.298 e. The molecule has 0 saturated heterocycles. The summed E-state index contributed by atoms with van der Waals surface area (Å²) in [6.07, 6.45) is 2.28. The molecule has 0 unspecified atom stereocenters. The highest BCUT2D eigenvalue weighted by atomic mass is 16.4. The van der Waals surface area contributed by atoms with E-state index in [-0.39, 0.29) is 0 Å². The van der Waals surface area contributed by atoms with Crippen molar-refractivity contribution in [3.63, 3.8) is 0 Å². The number of oxazole rings is 1. The average molecular weight is 289 g/mol. The van der Waals surface area contributed by atoms with Crippen molar-refractivity contribution >= 4 is 22.8 Å². The Morgan fingerprint density at radius 3 is 2.29 bits per heavy atom. The molecule has 0 bridgehead atoms. The summed E-state index contributed by atoms with van der Waals surface area (Å²) in [6.45, 7) is 10.9. The molecular weight excluding hydrogens is 262 g/mol. The Balaban J connectivity index is 2.19. The minimum Gasteiger partial charge on any atom is -0.423 e. The van der Waals surface area contributed by atoms with Gasteiger partial charge in [0.15, 0.2) is 5.58 Å². The van der Waals surface area contributed by atoms with Gasteiger partial charge < -0.3 is 15.1 Å². The molecule has 0 aliphatic heterocycles. The number of rotatable bonds is 7. The van der Waals surface area contributed by atoms with E-state index in [4.69, 9.17) is 10.2 Å². The third-order valence-electron chi connectivity index (χ3n) is 3.62. The first-order valence-electron chi connectivity index (χ1n) is 7.86. The third kappa shape index (κ3) is 4.38. The van der Waals surface area contributed by atoms with Crippen LogP contribution in [0.3, 0.4) is 0 Å². The van der Waals surface area contributed by atoms with Crippen molar-refractivity contribution in [2.45, 2.75) is 40.5 Å². The lowest BCUT2D eigenvalue weighted by molar-refractivity contribution is 0.496. The van der Waals surface area contributed by atoms with E-state index < -0.39 is 0 Å². The molecule has 2 aromatic rings. The first-order chi connectivity index (χ1) is 9.95. The number of benzene rings is 1. The molecule has 1 heterocycles. The number of nitrogens with zero attached hydrogens (tertiary/aromatic N) is 2. The van der Waals surface area contributed by atoms with Crippen LogP contribution in [0, 0.1) is 11.8 Å². The molecule has 0 aliphatic carbocycles. The van der Waals surface area contributed by atoms with Gasteiger partial charge in [-0.25, -0.2) is 0 Å². The fourth-order valence-corrected chi connectivity index (χ4v) is 2.20. The van der Waals surface area contributed by atoms with Crippen LogP contribution in [0.1, 0.15) is 40.5 Å². The Bertz CT molecular complexity index is 562. The van der Waals surface area contributed by atoms with Gasteiger partial charge in [-0.05, 0) is 36.8 Å². The van der Waals surface area contributed by atoms with Crippen LogP contribution < -0.4 is 10.6 Å². The number of anilines is 2. The molecule has 0 fully saturated rings. The number of aromatic nitrogens is 1. The van der Waals surface area contributed by atoms with Gasteiger partial charge >= 0.3 is 0 Å². The number of nitrogens with two attached hydrogens (primary N) is 1. The highest BCUT2D eigenvalue weighted by Gasteiger charge is 2.15. The SMILES string of the molecule is CC(C)CCN(CCC(C)C)c1nc2ccc(N)cc2o1. The summed E-state index contributed by atoms with van der Waals surface area (Å²) >= 11 is 0.